The Bertz CT molecular complexity index is 1590. The quantitative estimate of drug-likeness (QED) is 0.426. The number of carbonyl (C=O) groups excluding carboxylic acids is 3. The van der Waals surface area contributed by atoms with Crippen molar-refractivity contribution in [1.29, 1.82) is 0 Å². The Morgan fingerprint density at radius 2 is 1.31 bits per heavy atom. The summed E-state index contributed by atoms with van der Waals surface area (Å²) in [7, 11) is 3.15. The maximum absolute atomic E-state index is 14.0. The largest absolute Gasteiger partial charge is 0.340 e. The van der Waals surface area contributed by atoms with E-state index >= 15 is 0 Å². The fraction of sp³-hybridized carbons (Fsp3) is 0.125. The Balaban J connectivity index is 1.84. The van der Waals surface area contributed by atoms with Crippen molar-refractivity contribution in [2.24, 2.45) is 14.1 Å². The van der Waals surface area contributed by atoms with Crippen LogP contribution in [-0.4, -0.2) is 26.5 Å². The van der Waals surface area contributed by atoms with E-state index in [9.17, 15) is 19.2 Å². The molecule has 32 heavy (non-hydrogen) atoms. The van der Waals surface area contributed by atoms with Gasteiger partial charge in [0.15, 0.2) is 27.5 Å². The average Bonchev–Trinajstić information content (AvgIpc) is 3.22. The predicted octanol–water partition coefficient (Wildman–Crippen LogP) is 2.80. The molecule has 1 aromatic heterocycles. The van der Waals surface area contributed by atoms with Crippen molar-refractivity contribution in [3.8, 4) is 0 Å². The standard InChI is InChI=1S/C24H15N3O4S/c1-26-21-16(22(31)27(2)23(26)32)24(19(29)13-9-5-6-10-14(13)20(24)30)15-17(25-21)11-7-3-4-8-12(11)18(15)28/h3-10,25H,1-2H3. The molecule has 0 fully saturated rings. The molecule has 0 atom stereocenters. The Hall–Kier alpha value is -3.91. The van der Waals surface area contributed by atoms with E-state index in [0.29, 0.717) is 16.8 Å². The van der Waals surface area contributed by atoms with Gasteiger partial charge in [-0.3, -0.25) is 23.7 Å². The van der Waals surface area contributed by atoms with Gasteiger partial charge in [0.2, 0.25) is 0 Å². The molecule has 0 amide bonds. The Kier molecular flexibility index (Phi) is 3.45. The zero-order valence-corrected chi connectivity index (χ0v) is 17.9. The molecule has 6 rings (SSSR count). The molecule has 156 valence electrons. The van der Waals surface area contributed by atoms with Crippen LogP contribution in [0.1, 0.15) is 42.2 Å². The van der Waals surface area contributed by atoms with Crippen molar-refractivity contribution in [1.82, 2.24) is 9.13 Å². The van der Waals surface area contributed by atoms with E-state index in [1.807, 2.05) is 0 Å². The summed E-state index contributed by atoms with van der Waals surface area (Å²) in [5, 5.41) is 3.18. The lowest BCUT2D eigenvalue weighted by molar-refractivity contribution is 0.0799. The Labute approximate surface area is 186 Å². The number of anilines is 1. The molecular formula is C24H15N3O4S. The van der Waals surface area contributed by atoms with Gasteiger partial charge in [-0.1, -0.05) is 48.5 Å². The molecule has 0 unspecified atom stereocenters. The van der Waals surface area contributed by atoms with E-state index in [0.717, 1.165) is 0 Å². The monoisotopic (exact) mass is 441 g/mol. The first-order valence-electron chi connectivity index (χ1n) is 9.96. The number of benzene rings is 2. The van der Waals surface area contributed by atoms with Gasteiger partial charge < -0.3 is 9.88 Å². The van der Waals surface area contributed by atoms with Gasteiger partial charge in [-0.25, -0.2) is 0 Å². The van der Waals surface area contributed by atoms with Crippen molar-refractivity contribution >= 4 is 41.1 Å². The molecule has 2 heterocycles. The first kappa shape index (κ1) is 18.8. The van der Waals surface area contributed by atoms with Gasteiger partial charge in [-0.05, 0) is 12.2 Å². The van der Waals surface area contributed by atoms with Gasteiger partial charge in [-0.2, -0.15) is 0 Å². The van der Waals surface area contributed by atoms with Crippen LogP contribution in [0.25, 0.3) is 5.70 Å². The molecule has 1 N–H and O–H groups in total. The van der Waals surface area contributed by atoms with Crippen LogP contribution in [0.3, 0.4) is 0 Å². The summed E-state index contributed by atoms with van der Waals surface area (Å²) in [4.78, 5) is 55.3. The van der Waals surface area contributed by atoms with Crippen molar-refractivity contribution in [2.75, 3.05) is 5.32 Å². The molecule has 7 nitrogen and oxygen atoms in total. The van der Waals surface area contributed by atoms with Gasteiger partial charge in [0, 0.05) is 36.3 Å². The van der Waals surface area contributed by atoms with Crippen LogP contribution < -0.4 is 10.9 Å². The highest BCUT2D eigenvalue weighted by atomic mass is 32.1. The molecule has 2 aromatic carbocycles. The maximum Gasteiger partial charge on any atom is 0.261 e. The molecule has 1 spiro atoms. The first-order valence-corrected chi connectivity index (χ1v) is 10.4. The molecule has 0 bridgehead atoms. The number of carbonyl (C=O) groups is 3. The van der Waals surface area contributed by atoms with Crippen molar-refractivity contribution in [3.05, 3.63) is 97.0 Å². The van der Waals surface area contributed by atoms with Gasteiger partial charge in [0.1, 0.15) is 5.82 Å². The smallest absolute Gasteiger partial charge is 0.261 e. The zero-order valence-electron chi connectivity index (χ0n) is 17.1. The number of nitrogens with zero attached hydrogens (tertiary/aromatic N) is 2. The lowest BCUT2D eigenvalue weighted by Crippen LogP contribution is -2.51. The SMILES string of the molecule is Cn1c2c(c(=O)n(C)c1=S)C1(C(=O)c3ccccc3C1=O)C1=C(N2)c2ccccc2C1=O. The van der Waals surface area contributed by atoms with Crippen molar-refractivity contribution in [2.45, 2.75) is 5.41 Å². The first-order chi connectivity index (χ1) is 15.3. The van der Waals surface area contributed by atoms with Crippen molar-refractivity contribution < 1.29 is 14.4 Å². The van der Waals surface area contributed by atoms with E-state index in [-0.39, 0.29) is 32.9 Å². The van der Waals surface area contributed by atoms with Crippen LogP contribution in [0.5, 0.6) is 0 Å². The van der Waals surface area contributed by atoms with E-state index < -0.39 is 28.3 Å². The Morgan fingerprint density at radius 1 is 0.781 bits per heavy atom. The lowest BCUT2D eigenvalue weighted by Gasteiger charge is -2.35. The fourth-order valence-corrected chi connectivity index (χ4v) is 5.36. The second kappa shape index (κ2) is 5.86. The molecule has 0 saturated carbocycles. The van der Waals surface area contributed by atoms with Gasteiger partial charge in [0.25, 0.3) is 5.56 Å². The van der Waals surface area contributed by atoms with E-state index in [4.69, 9.17) is 12.2 Å². The molecule has 0 saturated heterocycles. The summed E-state index contributed by atoms with van der Waals surface area (Å²) in [5.74, 6) is -1.32. The highest BCUT2D eigenvalue weighted by molar-refractivity contribution is 7.71. The summed E-state index contributed by atoms with van der Waals surface area (Å²) in [6.45, 7) is 0. The third-order valence-electron chi connectivity index (χ3n) is 6.67. The highest BCUT2D eigenvalue weighted by Gasteiger charge is 2.64. The second-order valence-electron chi connectivity index (χ2n) is 8.13. The molecule has 3 aromatic rings. The number of fused-ring (bicyclic) bond motifs is 6. The van der Waals surface area contributed by atoms with Crippen LogP contribution in [0.15, 0.2) is 58.9 Å². The van der Waals surface area contributed by atoms with Crippen LogP contribution in [-0.2, 0) is 19.5 Å². The van der Waals surface area contributed by atoms with E-state index in [1.165, 1.54) is 11.6 Å². The average molecular weight is 441 g/mol. The molecule has 1 aliphatic heterocycles. The van der Waals surface area contributed by atoms with Gasteiger partial charge >= 0.3 is 0 Å². The highest BCUT2D eigenvalue weighted by Crippen LogP contribution is 2.54. The van der Waals surface area contributed by atoms with Crippen LogP contribution in [0, 0.1) is 4.77 Å². The number of nitrogens with one attached hydrogen (secondary N) is 1. The summed E-state index contributed by atoms with van der Waals surface area (Å²) in [6, 6.07) is 13.4. The molecule has 2 aliphatic carbocycles. The minimum absolute atomic E-state index is 0.00613. The second-order valence-corrected chi connectivity index (χ2v) is 8.50. The predicted molar refractivity (Wildman–Crippen MR) is 120 cm³/mol. The molecular weight excluding hydrogens is 426 g/mol. The van der Waals surface area contributed by atoms with Crippen molar-refractivity contribution in [3.63, 3.8) is 0 Å². The minimum Gasteiger partial charge on any atom is -0.340 e. The number of hydrogen-bond donors (Lipinski definition) is 1. The fourth-order valence-electron chi connectivity index (χ4n) is 5.18. The summed E-state index contributed by atoms with van der Waals surface area (Å²) in [6.07, 6.45) is 0. The molecule has 3 aliphatic rings. The van der Waals surface area contributed by atoms with Crippen LogP contribution >= 0.6 is 12.2 Å². The number of ketones is 3. The minimum atomic E-state index is -2.06. The maximum atomic E-state index is 14.0. The summed E-state index contributed by atoms with van der Waals surface area (Å²) < 4.78 is 3.00. The number of Topliss-reactive ketones (excluding diaryl/α,β-unsaturated/α-hetero) is 3. The zero-order chi connectivity index (χ0) is 22.5. The normalized spacial score (nSPS) is 17.2. The molecule has 8 heteroatoms. The van der Waals surface area contributed by atoms with E-state index in [1.54, 1.807) is 60.1 Å². The Morgan fingerprint density at radius 3 is 1.91 bits per heavy atom. The topological polar surface area (TPSA) is 90.2 Å². The summed E-state index contributed by atoms with van der Waals surface area (Å²) in [5.41, 5.74) is -0.973. The van der Waals surface area contributed by atoms with Crippen LogP contribution in [0.4, 0.5) is 5.82 Å². The van der Waals surface area contributed by atoms with E-state index in [2.05, 4.69) is 5.32 Å². The number of aromatic nitrogens is 2. The third-order valence-corrected chi connectivity index (χ3v) is 7.22. The van der Waals surface area contributed by atoms with Crippen LogP contribution in [0.2, 0.25) is 0 Å². The summed E-state index contributed by atoms with van der Waals surface area (Å²) >= 11 is 5.41. The molecule has 0 radical (unpaired) electrons. The number of rotatable bonds is 0. The third kappa shape index (κ3) is 1.86. The number of allylic oxidation sites excluding steroid dienone is 1. The number of hydrogen-bond acceptors (Lipinski definition) is 6. The van der Waals surface area contributed by atoms with Gasteiger partial charge in [-0.15, -0.1) is 0 Å². The van der Waals surface area contributed by atoms with Gasteiger partial charge in [0.05, 0.1) is 16.8 Å². The lowest BCUT2D eigenvalue weighted by atomic mass is 9.67.